The first kappa shape index (κ1) is 8.75. The Kier molecular flexibility index (Phi) is 1.46. The van der Waals surface area contributed by atoms with E-state index < -0.39 is 5.97 Å². The van der Waals surface area contributed by atoms with Crippen LogP contribution in [0.5, 0.6) is 0 Å². The molecular weight excluding hydrogens is 176 g/mol. The van der Waals surface area contributed by atoms with Crippen LogP contribution in [0.2, 0.25) is 0 Å². The van der Waals surface area contributed by atoms with Crippen LogP contribution >= 0.6 is 0 Å². The summed E-state index contributed by atoms with van der Waals surface area (Å²) < 4.78 is 0. The number of carboxylic acids is 1. The number of carboxylic acid groups (broad SMARTS) is 1. The lowest BCUT2D eigenvalue weighted by atomic mass is 9.45. The monoisotopic (exact) mass is 193 g/mol. The fourth-order valence-corrected chi connectivity index (χ4v) is 4.63. The van der Waals surface area contributed by atoms with E-state index >= 15 is 0 Å². The highest BCUT2D eigenvalue weighted by atomic mass is 16.4. The molecule has 0 aliphatic heterocycles. The van der Waals surface area contributed by atoms with Crippen LogP contribution in [-0.4, -0.2) is 11.1 Å². The van der Waals surface area contributed by atoms with E-state index in [0.717, 1.165) is 19.3 Å². The van der Waals surface area contributed by atoms with Gasteiger partial charge in [0.25, 0.3) is 0 Å². The Labute approximate surface area is 84.7 Å². The normalized spacial score (nSPS) is 51.1. The Morgan fingerprint density at radius 1 is 1.43 bits per heavy atom. The number of carbonyl (C=O) groups is 1. The second-order valence-electron chi connectivity index (χ2n) is 6.15. The second-order valence-corrected chi connectivity index (χ2v) is 6.15. The molecule has 4 aliphatic carbocycles. The van der Waals surface area contributed by atoms with E-state index in [-0.39, 0.29) is 5.41 Å². The molecule has 0 aromatic carbocycles. The fraction of sp³-hybridized carbons (Fsp3) is 0.833. The lowest BCUT2D eigenvalue weighted by molar-refractivity contribution is -0.163. The number of aliphatic carboxylic acids is 1. The highest BCUT2D eigenvalue weighted by molar-refractivity contribution is 5.76. The Hall–Kier alpha value is -0.530. The van der Waals surface area contributed by atoms with Gasteiger partial charge in [-0.3, -0.25) is 4.79 Å². The highest BCUT2D eigenvalue weighted by Gasteiger charge is 2.59. The molecule has 4 bridgehead atoms. The first-order valence-corrected chi connectivity index (χ1v) is 5.58. The van der Waals surface area contributed by atoms with Gasteiger partial charge in [-0.25, -0.2) is 0 Å². The fourth-order valence-electron chi connectivity index (χ4n) is 4.63. The lowest BCUT2D eigenvalue weighted by Gasteiger charge is -2.59. The summed E-state index contributed by atoms with van der Waals surface area (Å²) in [4.78, 5) is 11.4. The molecule has 3 unspecified atom stereocenters. The largest absolute Gasteiger partial charge is 0.481 e. The number of rotatable bonds is 1. The Morgan fingerprint density at radius 3 is 2.79 bits per heavy atom. The molecule has 4 aliphatic rings. The van der Waals surface area contributed by atoms with Crippen LogP contribution in [0.1, 0.15) is 45.4 Å². The van der Waals surface area contributed by atoms with E-state index in [1.54, 1.807) is 5.92 Å². The minimum atomic E-state index is -0.537. The lowest BCUT2D eigenvalue weighted by Crippen LogP contribution is -2.53. The van der Waals surface area contributed by atoms with Gasteiger partial charge in [0.05, 0.1) is 5.41 Å². The van der Waals surface area contributed by atoms with Crippen molar-refractivity contribution in [2.75, 3.05) is 0 Å². The van der Waals surface area contributed by atoms with Gasteiger partial charge in [-0.15, -0.1) is 0 Å². The summed E-state index contributed by atoms with van der Waals surface area (Å²) in [6, 6.07) is 0. The summed E-state index contributed by atoms with van der Waals surface area (Å²) in [6.45, 7) is 2.29. The van der Waals surface area contributed by atoms with Gasteiger partial charge in [-0.2, -0.15) is 0 Å². The van der Waals surface area contributed by atoms with Crippen molar-refractivity contribution in [2.45, 2.75) is 45.4 Å². The summed E-state index contributed by atoms with van der Waals surface area (Å²) >= 11 is 0. The van der Waals surface area contributed by atoms with E-state index in [9.17, 15) is 9.90 Å². The molecule has 1 N–H and O–H groups in total. The van der Waals surface area contributed by atoms with Crippen LogP contribution < -0.4 is 0 Å². The molecule has 14 heavy (non-hydrogen) atoms. The molecular formula is C12H17O2. The molecule has 0 aromatic rings. The molecule has 4 rings (SSSR count). The third-order valence-electron chi connectivity index (χ3n) is 4.52. The van der Waals surface area contributed by atoms with Gasteiger partial charge < -0.3 is 5.11 Å². The van der Waals surface area contributed by atoms with Crippen LogP contribution in [0.4, 0.5) is 0 Å². The van der Waals surface area contributed by atoms with Gasteiger partial charge in [-0.1, -0.05) is 6.92 Å². The predicted octanol–water partition coefficient (Wildman–Crippen LogP) is 2.64. The second kappa shape index (κ2) is 2.34. The predicted molar refractivity (Wildman–Crippen MR) is 52.6 cm³/mol. The van der Waals surface area contributed by atoms with Crippen molar-refractivity contribution in [1.82, 2.24) is 0 Å². The standard InChI is InChI=1S/C12H17O2/c1-11-3-8-2-9(4-11)6-12(5-8,7-11)10(13)14/h8H,2-7H2,1H3,(H,13,14). The van der Waals surface area contributed by atoms with Gasteiger partial charge in [0, 0.05) is 0 Å². The van der Waals surface area contributed by atoms with Crippen molar-refractivity contribution in [3.05, 3.63) is 5.92 Å². The van der Waals surface area contributed by atoms with Gasteiger partial charge in [0.15, 0.2) is 0 Å². The van der Waals surface area contributed by atoms with Crippen molar-refractivity contribution >= 4 is 5.97 Å². The summed E-state index contributed by atoms with van der Waals surface area (Å²) in [5.74, 6) is 1.69. The molecule has 0 heterocycles. The Balaban J connectivity index is 2.00. The highest BCUT2D eigenvalue weighted by Crippen LogP contribution is 2.65. The van der Waals surface area contributed by atoms with Gasteiger partial charge >= 0.3 is 5.97 Å². The molecule has 0 saturated heterocycles. The molecule has 2 heteroatoms. The molecule has 4 saturated carbocycles. The minimum Gasteiger partial charge on any atom is -0.481 e. The molecule has 2 nitrogen and oxygen atoms in total. The summed E-state index contributed by atoms with van der Waals surface area (Å²) in [7, 11) is 0. The van der Waals surface area contributed by atoms with E-state index in [1.165, 1.54) is 19.3 Å². The van der Waals surface area contributed by atoms with Crippen molar-refractivity contribution < 1.29 is 9.90 Å². The van der Waals surface area contributed by atoms with Gasteiger partial charge in [-0.05, 0) is 55.8 Å². The molecule has 1 radical (unpaired) electrons. The summed E-state index contributed by atoms with van der Waals surface area (Å²) in [5.41, 5.74) is -0.0311. The van der Waals surface area contributed by atoms with Crippen molar-refractivity contribution in [3.63, 3.8) is 0 Å². The average molecular weight is 193 g/mol. The zero-order valence-electron chi connectivity index (χ0n) is 8.68. The minimum absolute atomic E-state index is 0.327. The summed E-state index contributed by atoms with van der Waals surface area (Å²) in [5, 5.41) is 9.38. The van der Waals surface area contributed by atoms with Crippen molar-refractivity contribution in [2.24, 2.45) is 16.7 Å². The molecule has 77 valence electrons. The molecule has 3 atom stereocenters. The average Bonchev–Trinajstić information content (AvgIpc) is 1.98. The maximum absolute atomic E-state index is 11.4. The first-order valence-electron chi connectivity index (χ1n) is 5.58. The van der Waals surface area contributed by atoms with E-state index in [1.807, 2.05) is 0 Å². The zero-order chi connectivity index (χ0) is 9.97. The molecule has 0 spiro atoms. The van der Waals surface area contributed by atoms with E-state index in [0.29, 0.717) is 11.3 Å². The van der Waals surface area contributed by atoms with Crippen molar-refractivity contribution in [1.29, 1.82) is 0 Å². The summed E-state index contributed by atoms with van der Waals surface area (Å²) in [6.07, 6.45) is 6.46. The Morgan fingerprint density at radius 2 is 2.21 bits per heavy atom. The topological polar surface area (TPSA) is 37.3 Å². The van der Waals surface area contributed by atoms with Gasteiger partial charge in [0.2, 0.25) is 0 Å². The zero-order valence-corrected chi connectivity index (χ0v) is 8.68. The van der Waals surface area contributed by atoms with E-state index in [2.05, 4.69) is 6.92 Å². The third-order valence-corrected chi connectivity index (χ3v) is 4.52. The van der Waals surface area contributed by atoms with Gasteiger partial charge in [0.1, 0.15) is 0 Å². The molecule has 4 fully saturated rings. The number of hydrogen-bond acceptors (Lipinski definition) is 1. The van der Waals surface area contributed by atoms with Crippen molar-refractivity contribution in [3.8, 4) is 0 Å². The smallest absolute Gasteiger partial charge is 0.309 e. The third kappa shape index (κ3) is 0.999. The maximum atomic E-state index is 11.4. The van der Waals surface area contributed by atoms with Crippen LogP contribution in [-0.2, 0) is 4.79 Å². The maximum Gasteiger partial charge on any atom is 0.309 e. The quantitative estimate of drug-likeness (QED) is 0.695. The van der Waals surface area contributed by atoms with Crippen LogP contribution in [0.15, 0.2) is 0 Å². The number of hydrogen-bond donors (Lipinski definition) is 1. The SMILES string of the molecule is CC12C[C]3CC(C1)CC(C(=O)O)(C3)C2. The molecule has 0 aromatic heterocycles. The van der Waals surface area contributed by atoms with Crippen LogP contribution in [0.3, 0.4) is 0 Å². The van der Waals surface area contributed by atoms with E-state index in [4.69, 9.17) is 0 Å². The van der Waals surface area contributed by atoms with Crippen LogP contribution in [0, 0.1) is 22.7 Å². The van der Waals surface area contributed by atoms with Crippen LogP contribution in [0.25, 0.3) is 0 Å². The molecule has 0 amide bonds. The Bertz CT molecular complexity index is 281. The first-order chi connectivity index (χ1) is 6.51.